The van der Waals surface area contributed by atoms with Gasteiger partial charge in [-0.3, -0.25) is 4.79 Å². The topological polar surface area (TPSA) is 75.7 Å². The van der Waals surface area contributed by atoms with Crippen LogP contribution >= 0.6 is 11.6 Å². The molecule has 154 valence electrons. The zero-order valence-corrected chi connectivity index (χ0v) is 17.4. The molecule has 1 amide bonds. The van der Waals surface area contributed by atoms with E-state index >= 15 is 0 Å². The first-order valence-electron chi connectivity index (χ1n) is 10.1. The molecule has 0 aliphatic carbocycles. The van der Waals surface area contributed by atoms with Crippen molar-refractivity contribution >= 4 is 42.3 Å². The maximum atomic E-state index is 12.5. The second-order valence-corrected chi connectivity index (χ2v) is 7.94. The van der Waals surface area contributed by atoms with Gasteiger partial charge in [-0.25, -0.2) is 4.98 Å². The minimum atomic E-state index is -0.0735. The number of benzene rings is 1. The quantitative estimate of drug-likeness (QED) is 0.502. The number of nitrogens with zero attached hydrogens (tertiary/aromatic N) is 4. The van der Waals surface area contributed by atoms with Gasteiger partial charge in [0.2, 0.25) is 0 Å². The molecule has 4 heterocycles. The van der Waals surface area contributed by atoms with Crippen molar-refractivity contribution in [1.82, 2.24) is 19.5 Å². The number of carbonyl (C=O) groups excluding carboxylic acids is 1. The zero-order chi connectivity index (χ0) is 21.4. The van der Waals surface area contributed by atoms with Crippen LogP contribution in [0.15, 0.2) is 59.3 Å². The highest BCUT2D eigenvalue weighted by molar-refractivity contribution is 6.36. The number of amides is 1. The summed E-state index contributed by atoms with van der Waals surface area (Å²) in [4.78, 5) is 19.0. The Morgan fingerprint density at radius 3 is 2.74 bits per heavy atom. The number of piperidine rings is 1. The molecule has 1 N–H and O–H groups in total. The summed E-state index contributed by atoms with van der Waals surface area (Å²) in [6.07, 6.45) is 4.71. The van der Waals surface area contributed by atoms with Crippen molar-refractivity contribution < 1.29 is 9.21 Å². The Balaban J connectivity index is 1.38. The Kier molecular flexibility index (Phi) is 5.15. The highest BCUT2D eigenvalue weighted by atomic mass is 35.5. The molecule has 4 aromatic rings. The summed E-state index contributed by atoms with van der Waals surface area (Å²) in [7, 11) is 6.10. The lowest BCUT2D eigenvalue weighted by Crippen LogP contribution is -2.42. The molecule has 1 aromatic carbocycles. The van der Waals surface area contributed by atoms with E-state index in [1.807, 2.05) is 35.2 Å². The van der Waals surface area contributed by atoms with Crippen LogP contribution in [0.5, 0.6) is 0 Å². The van der Waals surface area contributed by atoms with Crippen LogP contribution in [-0.4, -0.2) is 52.4 Å². The summed E-state index contributed by atoms with van der Waals surface area (Å²) < 4.78 is 6.94. The maximum absolute atomic E-state index is 12.5. The van der Waals surface area contributed by atoms with E-state index in [0.717, 1.165) is 29.9 Å². The van der Waals surface area contributed by atoms with Crippen molar-refractivity contribution in [2.24, 2.45) is 0 Å². The van der Waals surface area contributed by atoms with Gasteiger partial charge in [0.1, 0.15) is 13.7 Å². The smallest absolute Gasteiger partial charge is 0.289 e. The lowest BCUT2D eigenvalue weighted by Gasteiger charge is -2.32. The van der Waals surface area contributed by atoms with Gasteiger partial charge in [0.15, 0.2) is 11.4 Å². The minimum absolute atomic E-state index is 0.0735. The number of hydrogen-bond donors (Lipinski definition) is 1. The fraction of sp³-hybridized carbons (Fsp3) is 0.227. The van der Waals surface area contributed by atoms with E-state index in [1.165, 1.54) is 6.26 Å². The Morgan fingerprint density at radius 1 is 1.19 bits per heavy atom. The maximum Gasteiger partial charge on any atom is 0.289 e. The number of hydrogen-bond acceptors (Lipinski definition) is 5. The molecular formula is C22H19BClN5O2. The van der Waals surface area contributed by atoms with Gasteiger partial charge in [-0.05, 0) is 36.5 Å². The fourth-order valence-electron chi connectivity index (χ4n) is 3.88. The molecule has 3 aromatic heterocycles. The molecule has 0 spiro atoms. The highest BCUT2D eigenvalue weighted by Gasteiger charge is 2.25. The average Bonchev–Trinajstić information content (AvgIpc) is 3.45. The van der Waals surface area contributed by atoms with Gasteiger partial charge in [-0.1, -0.05) is 29.8 Å². The number of aromatic nitrogens is 3. The molecule has 5 rings (SSSR count). The number of halogens is 1. The third kappa shape index (κ3) is 3.79. The molecule has 9 heteroatoms. The second-order valence-electron chi connectivity index (χ2n) is 7.53. The molecule has 1 saturated heterocycles. The fourth-order valence-corrected chi connectivity index (χ4v) is 4.11. The van der Waals surface area contributed by atoms with Crippen LogP contribution in [0, 0.1) is 0 Å². The van der Waals surface area contributed by atoms with Gasteiger partial charge in [-0.2, -0.15) is 9.61 Å². The third-order valence-electron chi connectivity index (χ3n) is 5.52. The largest absolute Gasteiger partial charge is 0.459 e. The van der Waals surface area contributed by atoms with Crippen LogP contribution in [0.4, 0.5) is 5.82 Å². The first kappa shape index (κ1) is 19.7. The number of rotatable bonds is 4. The number of furan rings is 1. The molecule has 0 atom stereocenters. The first-order valence-corrected chi connectivity index (χ1v) is 10.5. The van der Waals surface area contributed by atoms with Crippen molar-refractivity contribution in [3.05, 3.63) is 65.7 Å². The lowest BCUT2D eigenvalue weighted by atomic mass is 10.0. The van der Waals surface area contributed by atoms with Gasteiger partial charge in [0.05, 0.1) is 12.0 Å². The Labute approximate surface area is 185 Å². The van der Waals surface area contributed by atoms with Crippen LogP contribution in [0.3, 0.4) is 0 Å². The summed E-state index contributed by atoms with van der Waals surface area (Å²) in [6.45, 7) is 1.29. The van der Waals surface area contributed by atoms with E-state index in [9.17, 15) is 4.79 Å². The lowest BCUT2D eigenvalue weighted by molar-refractivity contribution is 0.0686. The number of nitrogens with one attached hydrogen (secondary N) is 1. The van der Waals surface area contributed by atoms with Crippen LogP contribution in [0.1, 0.15) is 23.4 Å². The third-order valence-corrected chi connectivity index (χ3v) is 5.84. The molecule has 1 fully saturated rings. The van der Waals surface area contributed by atoms with Crippen molar-refractivity contribution in [1.29, 1.82) is 0 Å². The van der Waals surface area contributed by atoms with Gasteiger partial charge in [-0.15, -0.1) is 0 Å². The van der Waals surface area contributed by atoms with E-state index in [0.29, 0.717) is 35.0 Å². The summed E-state index contributed by atoms with van der Waals surface area (Å²) in [5, 5.41) is 8.55. The van der Waals surface area contributed by atoms with Gasteiger partial charge in [0, 0.05) is 42.0 Å². The highest BCUT2D eigenvalue weighted by Crippen LogP contribution is 2.29. The molecule has 7 nitrogen and oxygen atoms in total. The van der Waals surface area contributed by atoms with E-state index < -0.39 is 0 Å². The van der Waals surface area contributed by atoms with Crippen molar-refractivity contribution in [3.8, 4) is 11.3 Å². The van der Waals surface area contributed by atoms with E-state index in [-0.39, 0.29) is 11.9 Å². The standard InChI is InChI=1S/C22H19BClN5O2/c23-16-13-25-29-20(12-18(27-21(16)29)15-4-1-2-5-17(15)24)26-14-7-9-28(10-8-14)22(30)19-6-3-11-31-19/h1-6,11-14,26H,7-10H2. The Bertz CT molecular complexity index is 1230. The molecule has 0 saturated carbocycles. The van der Waals surface area contributed by atoms with E-state index in [2.05, 4.69) is 15.4 Å². The molecular weight excluding hydrogens is 413 g/mol. The summed E-state index contributed by atoms with van der Waals surface area (Å²) in [5.74, 6) is 1.08. The molecule has 2 radical (unpaired) electrons. The van der Waals surface area contributed by atoms with E-state index in [4.69, 9.17) is 23.9 Å². The van der Waals surface area contributed by atoms with E-state index in [1.54, 1.807) is 22.8 Å². The van der Waals surface area contributed by atoms with Crippen molar-refractivity contribution in [2.45, 2.75) is 18.9 Å². The summed E-state index contributed by atoms with van der Waals surface area (Å²) in [6, 6.07) is 13.1. The van der Waals surface area contributed by atoms with Gasteiger partial charge >= 0.3 is 0 Å². The SMILES string of the molecule is [B]c1cnn2c(NC3CCN(C(=O)c4ccco4)CC3)cc(-c3ccccc3Cl)nc12. The average molecular weight is 432 g/mol. The zero-order valence-electron chi connectivity index (χ0n) is 16.7. The monoisotopic (exact) mass is 431 g/mol. The molecule has 31 heavy (non-hydrogen) atoms. The van der Waals surface area contributed by atoms with Crippen molar-refractivity contribution in [2.75, 3.05) is 18.4 Å². The second kappa shape index (κ2) is 8.11. The van der Waals surface area contributed by atoms with Crippen LogP contribution < -0.4 is 10.8 Å². The Morgan fingerprint density at radius 2 is 2.00 bits per heavy atom. The number of likely N-dealkylation sites (tertiary alicyclic amines) is 1. The number of carbonyl (C=O) groups is 1. The summed E-state index contributed by atoms with van der Waals surface area (Å²) >= 11 is 6.40. The minimum Gasteiger partial charge on any atom is -0.459 e. The van der Waals surface area contributed by atoms with Crippen LogP contribution in [0.2, 0.25) is 5.02 Å². The van der Waals surface area contributed by atoms with Crippen LogP contribution in [0.25, 0.3) is 16.9 Å². The molecule has 0 unspecified atom stereocenters. The summed E-state index contributed by atoms with van der Waals surface area (Å²) in [5.41, 5.74) is 2.62. The van der Waals surface area contributed by atoms with Gasteiger partial charge in [0.25, 0.3) is 5.91 Å². The van der Waals surface area contributed by atoms with Crippen LogP contribution in [-0.2, 0) is 0 Å². The van der Waals surface area contributed by atoms with Gasteiger partial charge < -0.3 is 14.6 Å². The number of fused-ring (bicyclic) bond motifs is 1. The van der Waals surface area contributed by atoms with Crippen molar-refractivity contribution in [3.63, 3.8) is 0 Å². The predicted molar refractivity (Wildman–Crippen MR) is 120 cm³/mol. The molecule has 0 bridgehead atoms. The first-order chi connectivity index (χ1) is 15.1. The Hall–Kier alpha value is -3.26. The normalized spacial score (nSPS) is 14.8. The molecule has 1 aliphatic heterocycles. The molecule has 1 aliphatic rings. The number of anilines is 1. The predicted octanol–water partition coefficient (Wildman–Crippen LogP) is 3.15.